The Labute approximate surface area is 170 Å². The molecule has 2 aromatic heterocycles. The number of aromatic nitrogens is 2. The van der Waals surface area contributed by atoms with Gasteiger partial charge in [0.25, 0.3) is 0 Å². The molecule has 136 valence electrons. The normalized spacial score (nSPS) is 12.5. The average Bonchev–Trinajstić information content (AvgIpc) is 3.19. The first-order chi connectivity index (χ1) is 13.0. The van der Waals surface area contributed by atoms with E-state index in [0.29, 0.717) is 0 Å². The summed E-state index contributed by atoms with van der Waals surface area (Å²) in [6.45, 7) is 6.22. The number of thiazole rings is 1. The number of para-hydroxylation sites is 1. The van der Waals surface area contributed by atoms with Gasteiger partial charge in [0.15, 0.2) is 0 Å². The Morgan fingerprint density at radius 2 is 1.89 bits per heavy atom. The zero-order chi connectivity index (χ0) is 19.0. The maximum Gasteiger partial charge on any atom is 0.211 e. The van der Waals surface area contributed by atoms with Crippen molar-refractivity contribution < 1.29 is 0 Å². The van der Waals surface area contributed by atoms with Crippen molar-refractivity contribution in [3.05, 3.63) is 79.6 Å². The summed E-state index contributed by atoms with van der Waals surface area (Å²) < 4.78 is 2.95. The third-order valence-corrected chi connectivity index (χ3v) is 5.91. The van der Waals surface area contributed by atoms with E-state index in [0.717, 1.165) is 48.2 Å². The van der Waals surface area contributed by atoms with Crippen molar-refractivity contribution in [2.75, 3.05) is 0 Å². The van der Waals surface area contributed by atoms with Gasteiger partial charge in [0.2, 0.25) is 4.80 Å². The molecule has 2 aromatic carbocycles. The van der Waals surface area contributed by atoms with Crippen molar-refractivity contribution in [3.63, 3.8) is 0 Å². The van der Waals surface area contributed by atoms with Gasteiger partial charge in [-0.1, -0.05) is 34.1 Å². The summed E-state index contributed by atoms with van der Waals surface area (Å²) in [6.07, 6.45) is 3.86. The zero-order valence-corrected chi connectivity index (χ0v) is 17.7. The first-order valence-corrected chi connectivity index (χ1v) is 10.3. The van der Waals surface area contributed by atoms with Gasteiger partial charge in [-0.25, -0.2) is 9.67 Å². The zero-order valence-electron chi connectivity index (χ0n) is 15.3. The Balaban J connectivity index is 1.79. The fraction of sp³-hybridized carbons (Fsp3) is 0.143. The second kappa shape index (κ2) is 7.29. The highest BCUT2D eigenvalue weighted by molar-refractivity contribution is 9.10. The van der Waals surface area contributed by atoms with Crippen LogP contribution in [0.5, 0.6) is 0 Å². The summed E-state index contributed by atoms with van der Waals surface area (Å²) in [5.41, 5.74) is 6.53. The second-order valence-corrected chi connectivity index (χ2v) is 8.25. The van der Waals surface area contributed by atoms with E-state index in [1.807, 2.05) is 30.1 Å². The number of benzene rings is 2. The molecular weight excluding hydrogens is 420 g/mol. The summed E-state index contributed by atoms with van der Waals surface area (Å²) in [5, 5.41) is 7.93. The predicted molar refractivity (Wildman–Crippen MR) is 117 cm³/mol. The lowest BCUT2D eigenvalue weighted by molar-refractivity contribution is 0.809. The van der Waals surface area contributed by atoms with Crippen LogP contribution in [0.4, 0.5) is 5.69 Å². The number of rotatable bonds is 3. The summed E-state index contributed by atoms with van der Waals surface area (Å²) in [4.78, 5) is 9.04. The van der Waals surface area contributed by atoms with E-state index in [2.05, 4.69) is 70.5 Å². The molecule has 0 atom stereocenters. The fourth-order valence-electron chi connectivity index (χ4n) is 3.02. The standard InChI is InChI=1S/C21H19BrN4S/c1-13-5-4-6-14(2)20(13)25-21-26(15(3)12-27-21)24-11-16-10-23-19-8-7-17(22)9-18(16)19/h4-12,23H,1-3H3. The lowest BCUT2D eigenvalue weighted by Crippen LogP contribution is -2.11. The Morgan fingerprint density at radius 3 is 2.67 bits per heavy atom. The van der Waals surface area contributed by atoms with E-state index in [1.165, 1.54) is 0 Å². The van der Waals surface area contributed by atoms with Crippen molar-refractivity contribution in [2.24, 2.45) is 10.1 Å². The Bertz CT molecular complexity index is 1210. The van der Waals surface area contributed by atoms with Gasteiger partial charge in [0.1, 0.15) is 0 Å². The largest absolute Gasteiger partial charge is 0.361 e. The Morgan fingerprint density at radius 1 is 1.11 bits per heavy atom. The number of nitrogens with zero attached hydrogens (tertiary/aromatic N) is 3. The lowest BCUT2D eigenvalue weighted by atomic mass is 10.1. The van der Waals surface area contributed by atoms with Crippen molar-refractivity contribution in [3.8, 4) is 0 Å². The molecule has 0 aliphatic heterocycles. The molecule has 4 rings (SSSR count). The quantitative estimate of drug-likeness (QED) is 0.391. The molecule has 0 unspecified atom stereocenters. The molecule has 2 heterocycles. The number of hydrogen-bond donors (Lipinski definition) is 1. The SMILES string of the molecule is Cc1cccc(C)c1N=c1scc(C)n1N=Cc1c[nH]c2ccc(Br)cc12. The number of aromatic amines is 1. The predicted octanol–water partition coefficient (Wildman–Crippen LogP) is 5.83. The number of aryl methyl sites for hydroxylation is 3. The van der Waals surface area contributed by atoms with Crippen molar-refractivity contribution >= 4 is 50.1 Å². The minimum absolute atomic E-state index is 0.863. The van der Waals surface area contributed by atoms with Crippen LogP contribution in [-0.4, -0.2) is 15.9 Å². The molecule has 0 aliphatic rings. The third kappa shape index (κ3) is 3.55. The molecule has 27 heavy (non-hydrogen) atoms. The smallest absolute Gasteiger partial charge is 0.211 e. The van der Waals surface area contributed by atoms with Gasteiger partial charge in [0.05, 0.1) is 17.6 Å². The minimum Gasteiger partial charge on any atom is -0.361 e. The topological polar surface area (TPSA) is 45.4 Å². The minimum atomic E-state index is 0.863. The van der Waals surface area contributed by atoms with Gasteiger partial charge >= 0.3 is 0 Å². The Kier molecular flexibility index (Phi) is 4.85. The molecule has 0 saturated heterocycles. The summed E-state index contributed by atoms with van der Waals surface area (Å²) in [6, 6.07) is 12.4. The van der Waals surface area contributed by atoms with Gasteiger partial charge in [-0.3, -0.25) is 0 Å². The summed E-state index contributed by atoms with van der Waals surface area (Å²) >= 11 is 5.14. The van der Waals surface area contributed by atoms with Crippen LogP contribution in [0.2, 0.25) is 0 Å². The van der Waals surface area contributed by atoms with Gasteiger partial charge in [-0.2, -0.15) is 5.10 Å². The molecule has 0 radical (unpaired) electrons. The Hall–Kier alpha value is -2.44. The number of nitrogens with one attached hydrogen (secondary N) is 1. The molecule has 4 nitrogen and oxygen atoms in total. The second-order valence-electron chi connectivity index (χ2n) is 6.50. The van der Waals surface area contributed by atoms with Gasteiger partial charge in [-0.05, 0) is 50.1 Å². The summed E-state index contributed by atoms with van der Waals surface area (Å²) in [7, 11) is 0. The van der Waals surface area contributed by atoms with E-state index in [1.54, 1.807) is 11.3 Å². The molecule has 0 saturated carbocycles. The highest BCUT2D eigenvalue weighted by Gasteiger charge is 2.05. The monoisotopic (exact) mass is 438 g/mol. The maximum atomic E-state index is 4.89. The fourth-order valence-corrected chi connectivity index (χ4v) is 4.19. The number of H-pyrrole nitrogens is 1. The average molecular weight is 439 g/mol. The van der Waals surface area contributed by atoms with E-state index < -0.39 is 0 Å². The van der Waals surface area contributed by atoms with Crippen LogP contribution in [0.3, 0.4) is 0 Å². The number of hydrogen-bond acceptors (Lipinski definition) is 3. The van der Waals surface area contributed by atoms with Crippen LogP contribution in [0.15, 0.2) is 62.5 Å². The molecule has 0 amide bonds. The van der Waals surface area contributed by atoms with E-state index in [9.17, 15) is 0 Å². The van der Waals surface area contributed by atoms with Gasteiger partial charge < -0.3 is 4.98 Å². The van der Waals surface area contributed by atoms with Crippen LogP contribution in [0.25, 0.3) is 10.9 Å². The molecular formula is C21H19BrN4S. The van der Waals surface area contributed by atoms with Gasteiger partial charge in [0, 0.05) is 32.5 Å². The third-order valence-electron chi connectivity index (χ3n) is 4.49. The maximum absolute atomic E-state index is 4.89. The van der Waals surface area contributed by atoms with Crippen LogP contribution in [-0.2, 0) is 0 Å². The molecule has 0 fully saturated rings. The highest BCUT2D eigenvalue weighted by atomic mass is 79.9. The highest BCUT2D eigenvalue weighted by Crippen LogP contribution is 2.23. The van der Waals surface area contributed by atoms with E-state index in [4.69, 9.17) is 10.1 Å². The van der Waals surface area contributed by atoms with Crippen molar-refractivity contribution in [1.29, 1.82) is 0 Å². The lowest BCUT2D eigenvalue weighted by Gasteiger charge is -2.03. The van der Waals surface area contributed by atoms with E-state index in [-0.39, 0.29) is 0 Å². The molecule has 0 aliphatic carbocycles. The number of halogens is 1. The molecule has 1 N–H and O–H groups in total. The van der Waals surface area contributed by atoms with Gasteiger partial charge in [-0.15, -0.1) is 11.3 Å². The van der Waals surface area contributed by atoms with E-state index >= 15 is 0 Å². The molecule has 0 bridgehead atoms. The first kappa shape index (κ1) is 17.9. The van der Waals surface area contributed by atoms with Crippen molar-refractivity contribution in [1.82, 2.24) is 9.66 Å². The molecule has 4 aromatic rings. The number of fused-ring (bicyclic) bond motifs is 1. The molecule has 6 heteroatoms. The van der Waals surface area contributed by atoms with Crippen LogP contribution in [0.1, 0.15) is 22.4 Å². The molecule has 0 spiro atoms. The van der Waals surface area contributed by atoms with Crippen LogP contribution >= 0.6 is 27.3 Å². The summed E-state index contributed by atoms with van der Waals surface area (Å²) in [5.74, 6) is 0. The van der Waals surface area contributed by atoms with Crippen LogP contribution < -0.4 is 4.80 Å². The van der Waals surface area contributed by atoms with Crippen LogP contribution in [0, 0.1) is 20.8 Å². The first-order valence-electron chi connectivity index (χ1n) is 8.62. The van der Waals surface area contributed by atoms with Crippen molar-refractivity contribution in [2.45, 2.75) is 20.8 Å².